The van der Waals surface area contributed by atoms with Crippen LogP contribution in [0.25, 0.3) is 0 Å². The largest absolute Gasteiger partial charge is 0.383 e. The molecule has 4 nitrogen and oxygen atoms in total. The van der Waals surface area contributed by atoms with Gasteiger partial charge in [0.1, 0.15) is 0 Å². The number of hydrogen-bond donors (Lipinski definition) is 2. The van der Waals surface area contributed by atoms with Gasteiger partial charge >= 0.3 is 0 Å². The Balaban J connectivity index is 2.03. The molecule has 0 aromatic heterocycles. The minimum atomic E-state index is 0.890. The van der Waals surface area contributed by atoms with Crippen LogP contribution in [0.2, 0.25) is 0 Å². The molecule has 0 radical (unpaired) electrons. The topological polar surface area (TPSA) is 53.6 Å². The third-order valence-corrected chi connectivity index (χ3v) is 2.89. The van der Waals surface area contributed by atoms with E-state index in [9.17, 15) is 0 Å². The lowest BCUT2D eigenvalue weighted by atomic mass is 10.2. The molecule has 1 aliphatic heterocycles. The molecule has 0 unspecified atom stereocenters. The van der Waals surface area contributed by atoms with Gasteiger partial charge < -0.3 is 5.32 Å². The Morgan fingerprint density at radius 3 is 2.94 bits per heavy atom. The number of fused-ring (bicyclic) bond motifs is 1. The fraction of sp³-hybridized carbons (Fsp3) is 0.357. The highest BCUT2D eigenvalue weighted by Gasteiger charge is 2.08. The van der Waals surface area contributed by atoms with E-state index in [2.05, 4.69) is 17.2 Å². The second kappa shape index (κ2) is 6.21. The van der Waals surface area contributed by atoms with E-state index in [0.717, 1.165) is 23.6 Å². The van der Waals surface area contributed by atoms with Crippen molar-refractivity contribution in [2.45, 2.75) is 26.2 Å². The molecule has 96 valence electrons. The summed E-state index contributed by atoms with van der Waals surface area (Å²) in [5.41, 5.74) is 2.76. The summed E-state index contributed by atoms with van der Waals surface area (Å²) in [4.78, 5) is 4.44. The van der Waals surface area contributed by atoms with Gasteiger partial charge in [0.2, 0.25) is 0 Å². The standard InChI is InChI=1S/C14H20N4/c1-2-3-6-9-16-12-10-17-13-7-4-5-8-14(13)18(15)11-12/h4-5,7-8,10-11,16H,2-3,6,9,15H2,1H3. The van der Waals surface area contributed by atoms with Crippen LogP contribution < -0.4 is 16.2 Å². The molecular weight excluding hydrogens is 224 g/mol. The van der Waals surface area contributed by atoms with Crippen LogP contribution in [-0.2, 0) is 0 Å². The molecule has 1 aromatic carbocycles. The monoisotopic (exact) mass is 244 g/mol. The number of nitrogens with zero attached hydrogens (tertiary/aromatic N) is 2. The highest BCUT2D eigenvalue weighted by Crippen LogP contribution is 2.28. The average molecular weight is 244 g/mol. The molecule has 0 bridgehead atoms. The lowest BCUT2D eigenvalue weighted by molar-refractivity contribution is 0.676. The fourth-order valence-corrected chi connectivity index (χ4v) is 1.88. The highest BCUT2D eigenvalue weighted by molar-refractivity contribution is 5.86. The van der Waals surface area contributed by atoms with Gasteiger partial charge in [-0.2, -0.15) is 0 Å². The minimum Gasteiger partial charge on any atom is -0.383 e. The van der Waals surface area contributed by atoms with Gasteiger partial charge in [-0.15, -0.1) is 0 Å². The number of nitrogens with one attached hydrogen (secondary N) is 1. The quantitative estimate of drug-likeness (QED) is 0.618. The smallest absolute Gasteiger partial charge is 0.0881 e. The number of benzene rings is 1. The Labute approximate surface area is 108 Å². The van der Waals surface area contributed by atoms with E-state index in [1.807, 2.05) is 36.7 Å². The molecule has 0 saturated heterocycles. The van der Waals surface area contributed by atoms with Crippen LogP contribution in [0.3, 0.4) is 0 Å². The first-order valence-electron chi connectivity index (χ1n) is 6.44. The number of allylic oxidation sites excluding steroid dienone is 1. The van der Waals surface area contributed by atoms with Gasteiger partial charge in [-0.25, -0.2) is 5.84 Å². The summed E-state index contributed by atoms with van der Waals surface area (Å²) < 4.78 is 0. The maximum Gasteiger partial charge on any atom is 0.0881 e. The van der Waals surface area contributed by atoms with E-state index >= 15 is 0 Å². The molecule has 0 saturated carbocycles. The summed E-state index contributed by atoms with van der Waals surface area (Å²) in [6.07, 6.45) is 7.34. The van der Waals surface area contributed by atoms with Crippen LogP contribution >= 0.6 is 0 Å². The molecule has 4 heteroatoms. The Kier molecular flexibility index (Phi) is 4.36. The third kappa shape index (κ3) is 3.11. The number of hydrogen-bond acceptors (Lipinski definition) is 4. The van der Waals surface area contributed by atoms with Gasteiger partial charge in [0.25, 0.3) is 0 Å². The minimum absolute atomic E-state index is 0.890. The number of anilines is 1. The van der Waals surface area contributed by atoms with Gasteiger partial charge in [-0.05, 0) is 18.6 Å². The molecule has 0 spiro atoms. The Morgan fingerprint density at radius 1 is 1.28 bits per heavy atom. The number of unbranched alkanes of at least 4 members (excludes halogenated alkanes) is 2. The van der Waals surface area contributed by atoms with Crippen LogP contribution in [0.15, 0.2) is 41.2 Å². The van der Waals surface area contributed by atoms with Gasteiger partial charge in [-0.3, -0.25) is 10.0 Å². The van der Waals surface area contributed by atoms with Crippen LogP contribution in [0.5, 0.6) is 0 Å². The lowest BCUT2D eigenvalue weighted by Crippen LogP contribution is -2.27. The van der Waals surface area contributed by atoms with Crippen molar-refractivity contribution in [1.29, 1.82) is 0 Å². The molecule has 0 atom stereocenters. The van der Waals surface area contributed by atoms with Crippen LogP contribution in [0, 0.1) is 0 Å². The third-order valence-electron chi connectivity index (χ3n) is 2.89. The highest BCUT2D eigenvalue weighted by atomic mass is 15.4. The molecule has 2 rings (SSSR count). The van der Waals surface area contributed by atoms with Crippen molar-refractivity contribution in [3.63, 3.8) is 0 Å². The molecule has 1 aromatic rings. The summed E-state index contributed by atoms with van der Waals surface area (Å²) in [5, 5.41) is 4.97. The van der Waals surface area contributed by atoms with E-state index < -0.39 is 0 Å². The first kappa shape index (κ1) is 12.6. The second-order valence-electron chi connectivity index (χ2n) is 4.37. The average Bonchev–Trinajstić information content (AvgIpc) is 2.55. The van der Waals surface area contributed by atoms with Crippen molar-refractivity contribution < 1.29 is 0 Å². The van der Waals surface area contributed by atoms with Gasteiger partial charge in [-0.1, -0.05) is 31.9 Å². The van der Waals surface area contributed by atoms with Crippen molar-refractivity contribution in [2.75, 3.05) is 11.6 Å². The summed E-state index contributed by atoms with van der Waals surface area (Å²) in [6, 6.07) is 7.84. The predicted molar refractivity (Wildman–Crippen MR) is 76.9 cm³/mol. The van der Waals surface area contributed by atoms with Crippen molar-refractivity contribution in [3.8, 4) is 0 Å². The van der Waals surface area contributed by atoms with Crippen LogP contribution in [0.4, 0.5) is 11.4 Å². The second-order valence-corrected chi connectivity index (χ2v) is 4.37. The summed E-state index contributed by atoms with van der Waals surface area (Å²) in [6.45, 7) is 3.15. The van der Waals surface area contributed by atoms with Crippen molar-refractivity contribution in [2.24, 2.45) is 10.8 Å². The molecule has 1 aliphatic rings. The normalized spacial score (nSPS) is 13.9. The first-order valence-corrected chi connectivity index (χ1v) is 6.44. The van der Waals surface area contributed by atoms with E-state index in [-0.39, 0.29) is 0 Å². The van der Waals surface area contributed by atoms with E-state index in [1.54, 1.807) is 5.01 Å². The van der Waals surface area contributed by atoms with Crippen LogP contribution in [-0.4, -0.2) is 12.8 Å². The summed E-state index contributed by atoms with van der Waals surface area (Å²) in [7, 11) is 0. The molecule has 0 fully saturated rings. The first-order chi connectivity index (χ1) is 8.81. The lowest BCUT2D eigenvalue weighted by Gasteiger charge is -2.15. The van der Waals surface area contributed by atoms with E-state index in [0.29, 0.717) is 0 Å². The molecule has 0 amide bonds. The van der Waals surface area contributed by atoms with Crippen LogP contribution in [0.1, 0.15) is 26.2 Å². The Morgan fingerprint density at radius 2 is 2.11 bits per heavy atom. The zero-order chi connectivity index (χ0) is 12.8. The zero-order valence-corrected chi connectivity index (χ0v) is 10.8. The van der Waals surface area contributed by atoms with E-state index in [1.165, 1.54) is 19.3 Å². The number of para-hydroxylation sites is 2. The van der Waals surface area contributed by atoms with Crippen molar-refractivity contribution in [3.05, 3.63) is 36.2 Å². The zero-order valence-electron chi connectivity index (χ0n) is 10.8. The maximum absolute atomic E-state index is 6.00. The number of nitrogens with two attached hydrogens (primary N) is 1. The molecule has 3 N–H and O–H groups in total. The fourth-order valence-electron chi connectivity index (χ4n) is 1.88. The van der Waals surface area contributed by atoms with Gasteiger partial charge in [0.15, 0.2) is 0 Å². The predicted octanol–water partition coefficient (Wildman–Crippen LogP) is 2.70. The maximum atomic E-state index is 6.00. The van der Waals surface area contributed by atoms with Gasteiger partial charge in [0, 0.05) is 12.7 Å². The molecule has 0 aliphatic carbocycles. The SMILES string of the molecule is CCCCCNC1=CN(N)c2ccccc2N=C1. The Bertz CT molecular complexity index is 451. The Hall–Kier alpha value is -1.81. The summed E-state index contributed by atoms with van der Waals surface area (Å²) in [5.74, 6) is 6.00. The van der Waals surface area contributed by atoms with E-state index in [4.69, 9.17) is 5.84 Å². The summed E-state index contributed by atoms with van der Waals surface area (Å²) >= 11 is 0. The van der Waals surface area contributed by atoms with Crippen molar-refractivity contribution >= 4 is 17.6 Å². The van der Waals surface area contributed by atoms with Crippen molar-refractivity contribution in [1.82, 2.24) is 5.32 Å². The number of aliphatic imine (C=N–C) groups is 1. The molecule has 1 heterocycles. The molecule has 18 heavy (non-hydrogen) atoms. The number of hydrazine groups is 1. The number of rotatable bonds is 5. The van der Waals surface area contributed by atoms with Gasteiger partial charge in [0.05, 0.1) is 23.3 Å². The molecular formula is C14H20N4.